The first kappa shape index (κ1) is 53.6. The van der Waals surface area contributed by atoms with Crippen molar-refractivity contribution in [3.63, 3.8) is 0 Å². The Morgan fingerprint density at radius 3 is 2.04 bits per heavy atom. The molecule has 0 fully saturated rings. The number of esters is 1. The van der Waals surface area contributed by atoms with Crippen molar-refractivity contribution in [3.05, 3.63) is 168 Å². The van der Waals surface area contributed by atoms with Crippen molar-refractivity contribution in [2.75, 3.05) is 40.5 Å². The molecule has 0 saturated heterocycles. The lowest BCUT2D eigenvalue weighted by Gasteiger charge is -2.22. The molecule has 2 aliphatic heterocycles. The summed E-state index contributed by atoms with van der Waals surface area (Å²) in [5.41, 5.74) is 16.4. The monoisotopic (exact) mass is 1020 g/mol. The Kier molecular flexibility index (Phi) is 17.1. The van der Waals surface area contributed by atoms with Gasteiger partial charge in [0.15, 0.2) is 5.78 Å². The third kappa shape index (κ3) is 11.6. The first-order chi connectivity index (χ1) is 36.9. The molecule has 5 heterocycles. The summed E-state index contributed by atoms with van der Waals surface area (Å²) in [6.45, 7) is 19.7. The van der Waals surface area contributed by atoms with Gasteiger partial charge in [0.25, 0.3) is 0 Å². The van der Waals surface area contributed by atoms with Crippen LogP contribution in [0, 0.1) is 32.6 Å². The minimum atomic E-state index is -0.246. The molecule has 76 heavy (non-hydrogen) atoms. The molecule has 3 atom stereocenters. The SMILES string of the molecule is C=Cc1c(C)c2[nH]c1=Cc1[nH]c(c(CC)c1C)C=c1[nH]c3c(c1C)C(=O)CC=3C1N=C(C=2)[C@@H](C)[C@@H]1CCC(=O)OCCCCCCCOc1ccc(C(=C(CC)c2ccccc2)c2ccc(OCCN(C)C)cc2)cc1. The third-order valence-corrected chi connectivity index (χ3v) is 16.0. The van der Waals surface area contributed by atoms with Crippen LogP contribution in [0.3, 0.4) is 0 Å². The lowest BCUT2D eigenvalue weighted by molar-refractivity contribution is -0.144. The van der Waals surface area contributed by atoms with Gasteiger partial charge in [-0.05, 0) is 171 Å². The Hall–Kier alpha value is -7.17. The molecule has 0 amide bonds. The van der Waals surface area contributed by atoms with Crippen molar-refractivity contribution in [2.45, 2.75) is 112 Å². The highest BCUT2D eigenvalue weighted by molar-refractivity contribution is 6.14. The molecule has 0 spiro atoms. The van der Waals surface area contributed by atoms with Crippen molar-refractivity contribution in [1.82, 2.24) is 19.9 Å². The first-order valence-corrected chi connectivity index (χ1v) is 27.7. The Balaban J connectivity index is 0.786. The number of aliphatic imine (C=N–C) groups is 1. The van der Waals surface area contributed by atoms with Crippen molar-refractivity contribution in [3.8, 4) is 11.5 Å². The largest absolute Gasteiger partial charge is 0.494 e. The molecule has 0 radical (unpaired) electrons. The molecule has 0 saturated carbocycles. The number of aromatic amines is 3. The van der Waals surface area contributed by atoms with Gasteiger partial charge in [-0.15, -0.1) is 0 Å². The zero-order chi connectivity index (χ0) is 53.5. The Bertz CT molecular complexity index is 3400. The molecule has 3 N–H and O–H groups in total. The van der Waals surface area contributed by atoms with E-state index in [4.69, 9.17) is 19.2 Å². The topological polar surface area (TPSA) is 125 Å². The first-order valence-electron chi connectivity index (χ1n) is 27.7. The average molecular weight is 1020 g/mol. The summed E-state index contributed by atoms with van der Waals surface area (Å²) in [6, 6.07) is 27.4. The Morgan fingerprint density at radius 1 is 0.737 bits per heavy atom. The second-order valence-corrected chi connectivity index (χ2v) is 21.2. The van der Waals surface area contributed by atoms with Crippen LogP contribution < -0.4 is 30.9 Å². The second-order valence-electron chi connectivity index (χ2n) is 21.2. The number of hydrogen-bond donors (Lipinski definition) is 3. The maximum Gasteiger partial charge on any atom is 0.305 e. The van der Waals surface area contributed by atoms with E-state index >= 15 is 0 Å². The lowest BCUT2D eigenvalue weighted by Crippen LogP contribution is -2.27. The van der Waals surface area contributed by atoms with E-state index in [1.165, 1.54) is 27.8 Å². The number of hydrogen-bond acceptors (Lipinski definition) is 7. The molecule has 10 nitrogen and oxygen atoms in total. The van der Waals surface area contributed by atoms with Gasteiger partial charge in [0.2, 0.25) is 0 Å². The number of fused-ring (bicyclic) bond motifs is 7. The van der Waals surface area contributed by atoms with Crippen LogP contribution in [0.4, 0.5) is 0 Å². The van der Waals surface area contributed by atoms with E-state index in [0.717, 1.165) is 140 Å². The molecule has 3 aliphatic rings. The van der Waals surface area contributed by atoms with Gasteiger partial charge in [-0.3, -0.25) is 14.6 Å². The molecule has 8 bridgehead atoms. The van der Waals surface area contributed by atoms with Crippen LogP contribution in [0.2, 0.25) is 0 Å². The number of ketones is 1. The summed E-state index contributed by atoms with van der Waals surface area (Å²) in [5, 5.41) is 3.80. The number of Topliss-reactive ketones (excluding diaryl/α,β-unsaturated/α-hetero) is 1. The van der Waals surface area contributed by atoms with E-state index < -0.39 is 0 Å². The number of H-pyrrole nitrogens is 3. The molecule has 10 heteroatoms. The predicted octanol–water partition coefficient (Wildman–Crippen LogP) is 10.7. The second kappa shape index (κ2) is 24.2. The zero-order valence-electron chi connectivity index (χ0n) is 46.1. The number of ether oxygens (including phenoxy) is 3. The molecule has 3 aromatic heterocycles. The summed E-state index contributed by atoms with van der Waals surface area (Å²) in [7, 11) is 4.10. The number of rotatable bonds is 22. The Morgan fingerprint density at radius 2 is 1.38 bits per heavy atom. The van der Waals surface area contributed by atoms with E-state index in [2.05, 4.69) is 172 Å². The van der Waals surface area contributed by atoms with Crippen molar-refractivity contribution in [2.24, 2.45) is 16.8 Å². The summed E-state index contributed by atoms with van der Waals surface area (Å²) in [5.74, 6) is 1.74. The van der Waals surface area contributed by atoms with Crippen LogP contribution in [0.1, 0.15) is 145 Å². The fourth-order valence-electron chi connectivity index (χ4n) is 11.7. The van der Waals surface area contributed by atoms with E-state index in [-0.39, 0.29) is 29.6 Å². The molecule has 1 aliphatic carbocycles. The number of carbonyl (C=O) groups excluding carboxylic acids is 2. The van der Waals surface area contributed by atoms with Crippen LogP contribution >= 0.6 is 0 Å². The van der Waals surface area contributed by atoms with Crippen LogP contribution in [0.15, 0.2) is 90.4 Å². The van der Waals surface area contributed by atoms with Gasteiger partial charge in [-0.2, -0.15) is 0 Å². The van der Waals surface area contributed by atoms with E-state index in [9.17, 15) is 9.59 Å². The van der Waals surface area contributed by atoms with E-state index in [0.29, 0.717) is 39.1 Å². The van der Waals surface area contributed by atoms with Gasteiger partial charge >= 0.3 is 5.97 Å². The normalized spacial score (nSPS) is 17.0. The van der Waals surface area contributed by atoms with Gasteiger partial charge in [-0.25, -0.2) is 0 Å². The molecule has 6 aromatic rings. The minimum absolute atomic E-state index is 0.0179. The fraction of sp³-hybridized carbons (Fsp3) is 0.379. The number of allylic oxidation sites excluding steroid dienone is 1. The zero-order valence-corrected chi connectivity index (χ0v) is 46.1. The number of unbranched alkanes of at least 4 members (excludes halogenated alkanes) is 4. The number of aromatic nitrogens is 3. The minimum Gasteiger partial charge on any atom is -0.494 e. The highest BCUT2D eigenvalue weighted by Crippen LogP contribution is 2.40. The number of carbonyl (C=O) groups is 2. The van der Waals surface area contributed by atoms with Gasteiger partial charge < -0.3 is 34.1 Å². The highest BCUT2D eigenvalue weighted by Gasteiger charge is 2.41. The fourth-order valence-corrected chi connectivity index (χ4v) is 11.7. The van der Waals surface area contributed by atoms with Crippen LogP contribution in [-0.2, 0) is 16.0 Å². The predicted molar refractivity (Wildman–Crippen MR) is 311 cm³/mol. The average Bonchev–Trinajstić information content (AvgIpc) is 4.19. The van der Waals surface area contributed by atoms with Crippen LogP contribution in [0.5, 0.6) is 11.5 Å². The maximum absolute atomic E-state index is 13.9. The van der Waals surface area contributed by atoms with Gasteiger partial charge in [-0.1, -0.05) is 107 Å². The van der Waals surface area contributed by atoms with Crippen molar-refractivity contribution in [1.29, 1.82) is 0 Å². The van der Waals surface area contributed by atoms with Gasteiger partial charge in [0.05, 0.1) is 24.6 Å². The van der Waals surface area contributed by atoms with Crippen molar-refractivity contribution >= 4 is 58.5 Å². The summed E-state index contributed by atoms with van der Waals surface area (Å²) in [6.07, 6.45) is 16.2. The van der Waals surface area contributed by atoms with Crippen molar-refractivity contribution < 1.29 is 23.8 Å². The third-order valence-electron chi connectivity index (χ3n) is 16.0. The van der Waals surface area contributed by atoms with Crippen LogP contribution in [0.25, 0.3) is 41.0 Å². The molecule has 396 valence electrons. The van der Waals surface area contributed by atoms with Gasteiger partial charge in [0, 0.05) is 69.6 Å². The van der Waals surface area contributed by atoms with Crippen LogP contribution in [-0.4, -0.2) is 83.8 Å². The molecular weight excluding hydrogens is 943 g/mol. The number of likely N-dealkylation sites (N-methyl/N-ethyl adjacent to an activating group) is 1. The summed E-state index contributed by atoms with van der Waals surface area (Å²) < 4.78 is 18.1. The number of benzene rings is 3. The van der Waals surface area contributed by atoms with E-state index in [1.54, 1.807) is 0 Å². The number of nitrogens with one attached hydrogen (secondary N) is 3. The summed E-state index contributed by atoms with van der Waals surface area (Å²) in [4.78, 5) is 45.9. The molecule has 1 unspecified atom stereocenters. The van der Waals surface area contributed by atoms with Gasteiger partial charge in [0.1, 0.15) is 18.1 Å². The quantitative estimate of drug-likeness (QED) is 0.0353. The summed E-state index contributed by atoms with van der Waals surface area (Å²) >= 11 is 0. The smallest absolute Gasteiger partial charge is 0.305 e. The molecular formula is C66H77N5O5. The number of nitrogens with zero attached hydrogens (tertiary/aromatic N) is 2. The highest BCUT2D eigenvalue weighted by atomic mass is 16.5. The Labute approximate surface area is 449 Å². The molecule has 3 aromatic carbocycles. The van der Waals surface area contributed by atoms with E-state index in [1.807, 2.05) is 13.0 Å². The standard InChI is InChI=1S/C66H77N5O5/c1-10-50-41(4)55-38-57-43(6)53(65(69-57)54-37-61(72)63-44(7)58(70-66(54)63)40-60-51(11-2)42(5)56(68-60)39-59(50)67-55)31-32-62(73)76-35-20-15-13-14-19-34-74-48-27-23-46(24-28-48)64(52(12-3)45-21-17-16-18-22-45)47-25-29-49(30-26-47)75-36-33-71(8)9/h10,16-18,21-30,38-40,43,53,65,67-68,70H,1,11-15,19-20,31-37H2,2-9H3/t43-,53-,65?/m0/s1. The maximum atomic E-state index is 13.9. The molecule has 9 rings (SSSR count). The lowest BCUT2D eigenvalue weighted by atomic mass is 9.81.